The first kappa shape index (κ1) is 16.9. The van der Waals surface area contributed by atoms with E-state index in [0.717, 1.165) is 27.9 Å². The number of ether oxygens (including phenoxy) is 1. The SMILES string of the molecule is Cc1ccc([C@H]2C(C#N)=C(N)Oc3c2c(C)nn3Cc2ccccc2)cc1. The maximum Gasteiger partial charge on any atom is 0.224 e. The first-order valence-corrected chi connectivity index (χ1v) is 8.84. The summed E-state index contributed by atoms with van der Waals surface area (Å²) in [4.78, 5) is 0. The summed E-state index contributed by atoms with van der Waals surface area (Å²) in [7, 11) is 0. The fourth-order valence-electron chi connectivity index (χ4n) is 3.54. The van der Waals surface area contributed by atoms with E-state index in [0.29, 0.717) is 18.0 Å². The molecule has 1 atom stereocenters. The molecule has 0 bridgehead atoms. The molecule has 134 valence electrons. The molecule has 3 aromatic rings. The number of nitrogens with two attached hydrogens (primary N) is 1. The Kier molecular flexibility index (Phi) is 4.17. The van der Waals surface area contributed by atoms with Gasteiger partial charge < -0.3 is 10.5 Å². The van der Waals surface area contributed by atoms with E-state index >= 15 is 0 Å². The molecule has 1 aliphatic rings. The fraction of sp³-hybridized carbons (Fsp3) is 0.182. The number of hydrogen-bond donors (Lipinski definition) is 1. The summed E-state index contributed by atoms with van der Waals surface area (Å²) in [5.41, 5.74) is 11.6. The van der Waals surface area contributed by atoms with Crippen LogP contribution in [0.4, 0.5) is 0 Å². The van der Waals surface area contributed by atoms with Gasteiger partial charge in [0, 0.05) is 0 Å². The third-order valence-electron chi connectivity index (χ3n) is 4.88. The number of hydrogen-bond acceptors (Lipinski definition) is 4. The third-order valence-corrected chi connectivity index (χ3v) is 4.88. The Hall–Kier alpha value is -3.52. The van der Waals surface area contributed by atoms with Gasteiger partial charge in [0.1, 0.15) is 11.6 Å². The molecule has 0 amide bonds. The van der Waals surface area contributed by atoms with Crippen molar-refractivity contribution in [2.75, 3.05) is 0 Å². The molecule has 2 aromatic carbocycles. The van der Waals surface area contributed by atoms with E-state index in [-0.39, 0.29) is 11.8 Å². The minimum atomic E-state index is -0.274. The van der Waals surface area contributed by atoms with Gasteiger partial charge in [0.25, 0.3) is 0 Å². The molecule has 0 aliphatic carbocycles. The van der Waals surface area contributed by atoms with E-state index in [2.05, 4.69) is 11.2 Å². The van der Waals surface area contributed by atoms with Crippen molar-refractivity contribution in [3.05, 3.63) is 94.0 Å². The molecule has 2 N–H and O–H groups in total. The summed E-state index contributed by atoms with van der Waals surface area (Å²) in [5, 5.41) is 14.4. The lowest BCUT2D eigenvalue weighted by Crippen LogP contribution is -2.22. The van der Waals surface area contributed by atoms with E-state index in [1.807, 2.05) is 73.1 Å². The average molecular weight is 356 g/mol. The minimum absolute atomic E-state index is 0.143. The Morgan fingerprint density at radius 3 is 2.48 bits per heavy atom. The fourth-order valence-corrected chi connectivity index (χ4v) is 3.54. The van der Waals surface area contributed by atoms with Crippen molar-refractivity contribution in [2.24, 2.45) is 5.73 Å². The Labute approximate surface area is 158 Å². The second-order valence-electron chi connectivity index (χ2n) is 6.78. The summed E-state index contributed by atoms with van der Waals surface area (Å²) >= 11 is 0. The number of aromatic nitrogens is 2. The number of benzene rings is 2. The molecule has 5 heteroatoms. The quantitative estimate of drug-likeness (QED) is 0.775. The van der Waals surface area contributed by atoms with E-state index in [4.69, 9.17) is 10.5 Å². The minimum Gasteiger partial charge on any atom is -0.422 e. The molecule has 4 rings (SSSR count). The number of aryl methyl sites for hydroxylation is 2. The van der Waals surface area contributed by atoms with Gasteiger partial charge in [-0.15, -0.1) is 0 Å². The van der Waals surface area contributed by atoms with E-state index in [1.165, 1.54) is 0 Å². The van der Waals surface area contributed by atoms with Crippen LogP contribution in [0.15, 0.2) is 66.1 Å². The van der Waals surface area contributed by atoms with Gasteiger partial charge in [-0.25, -0.2) is 4.68 Å². The van der Waals surface area contributed by atoms with Crippen molar-refractivity contribution >= 4 is 0 Å². The number of allylic oxidation sites excluding steroid dienone is 1. The Morgan fingerprint density at radius 2 is 1.81 bits per heavy atom. The third kappa shape index (κ3) is 2.96. The highest BCUT2D eigenvalue weighted by molar-refractivity contribution is 5.55. The van der Waals surface area contributed by atoms with E-state index in [1.54, 1.807) is 0 Å². The predicted octanol–water partition coefficient (Wildman–Crippen LogP) is 3.77. The van der Waals surface area contributed by atoms with Gasteiger partial charge in [0.15, 0.2) is 0 Å². The summed E-state index contributed by atoms with van der Waals surface area (Å²) in [6.45, 7) is 4.56. The lowest BCUT2D eigenvalue weighted by Gasteiger charge is -2.25. The number of fused-ring (bicyclic) bond motifs is 1. The second kappa shape index (κ2) is 6.65. The number of nitriles is 1. The van der Waals surface area contributed by atoms with Crippen LogP contribution in [0.25, 0.3) is 0 Å². The molecular weight excluding hydrogens is 336 g/mol. The summed E-state index contributed by atoms with van der Waals surface area (Å²) < 4.78 is 7.69. The zero-order chi connectivity index (χ0) is 19.0. The lowest BCUT2D eigenvalue weighted by atomic mass is 9.84. The van der Waals surface area contributed by atoms with Crippen LogP contribution in [0.2, 0.25) is 0 Å². The van der Waals surface area contributed by atoms with Crippen molar-refractivity contribution in [3.8, 4) is 11.9 Å². The largest absolute Gasteiger partial charge is 0.422 e. The zero-order valence-electron chi connectivity index (χ0n) is 15.3. The monoisotopic (exact) mass is 356 g/mol. The molecule has 2 heterocycles. The van der Waals surface area contributed by atoms with Crippen LogP contribution in [0, 0.1) is 25.2 Å². The molecular formula is C22H20N4O. The van der Waals surface area contributed by atoms with Crippen molar-refractivity contribution in [2.45, 2.75) is 26.3 Å². The van der Waals surface area contributed by atoms with E-state index < -0.39 is 0 Å². The highest BCUT2D eigenvalue weighted by Crippen LogP contribution is 2.43. The Balaban J connectivity index is 1.85. The molecule has 27 heavy (non-hydrogen) atoms. The van der Waals surface area contributed by atoms with Crippen molar-refractivity contribution in [1.29, 1.82) is 5.26 Å². The van der Waals surface area contributed by atoms with Gasteiger partial charge in [-0.1, -0.05) is 60.2 Å². The first-order chi connectivity index (χ1) is 13.1. The topological polar surface area (TPSA) is 76.9 Å². The number of rotatable bonds is 3. The first-order valence-electron chi connectivity index (χ1n) is 8.84. The highest BCUT2D eigenvalue weighted by atomic mass is 16.5. The summed E-state index contributed by atoms with van der Waals surface area (Å²) in [6, 6.07) is 20.5. The summed E-state index contributed by atoms with van der Waals surface area (Å²) in [5.74, 6) is 0.479. The predicted molar refractivity (Wildman–Crippen MR) is 103 cm³/mol. The maximum absolute atomic E-state index is 9.71. The molecule has 0 saturated carbocycles. The lowest BCUT2D eigenvalue weighted by molar-refractivity contribution is 0.352. The molecule has 0 radical (unpaired) electrons. The molecule has 5 nitrogen and oxygen atoms in total. The van der Waals surface area contributed by atoms with Crippen LogP contribution in [-0.2, 0) is 6.54 Å². The Morgan fingerprint density at radius 1 is 1.11 bits per heavy atom. The maximum atomic E-state index is 9.71. The van der Waals surface area contributed by atoms with Crippen LogP contribution in [0.3, 0.4) is 0 Å². The smallest absolute Gasteiger partial charge is 0.224 e. The van der Waals surface area contributed by atoms with Gasteiger partial charge >= 0.3 is 0 Å². The summed E-state index contributed by atoms with van der Waals surface area (Å²) in [6.07, 6.45) is 0. The van der Waals surface area contributed by atoms with Gasteiger partial charge in [-0.2, -0.15) is 10.4 Å². The molecule has 1 aliphatic heterocycles. The van der Waals surface area contributed by atoms with Crippen LogP contribution >= 0.6 is 0 Å². The van der Waals surface area contributed by atoms with Crippen LogP contribution < -0.4 is 10.5 Å². The van der Waals surface area contributed by atoms with Gasteiger partial charge in [-0.05, 0) is 25.0 Å². The standard InChI is InChI=1S/C22H20N4O/c1-14-8-10-17(11-9-14)20-18(12-23)21(24)27-22-19(20)15(2)25-26(22)13-16-6-4-3-5-7-16/h3-11,20H,13,24H2,1-2H3/t20-/m0/s1. The van der Waals surface area contributed by atoms with Crippen molar-refractivity contribution < 1.29 is 4.74 Å². The van der Waals surface area contributed by atoms with Gasteiger partial charge in [0.05, 0.1) is 23.7 Å². The average Bonchev–Trinajstić information content (AvgIpc) is 2.97. The molecule has 1 aromatic heterocycles. The highest BCUT2D eigenvalue weighted by Gasteiger charge is 2.35. The van der Waals surface area contributed by atoms with E-state index in [9.17, 15) is 5.26 Å². The number of nitrogens with zero attached hydrogens (tertiary/aromatic N) is 3. The van der Waals surface area contributed by atoms with Crippen molar-refractivity contribution in [3.63, 3.8) is 0 Å². The zero-order valence-corrected chi connectivity index (χ0v) is 15.3. The van der Waals surface area contributed by atoms with Crippen LogP contribution in [-0.4, -0.2) is 9.78 Å². The van der Waals surface area contributed by atoms with Gasteiger partial charge in [0.2, 0.25) is 11.8 Å². The second-order valence-corrected chi connectivity index (χ2v) is 6.78. The molecule has 0 fully saturated rings. The molecule has 0 spiro atoms. The Bertz CT molecular complexity index is 1060. The normalized spacial score (nSPS) is 15.8. The van der Waals surface area contributed by atoms with Crippen LogP contribution in [0.1, 0.15) is 33.9 Å². The van der Waals surface area contributed by atoms with Gasteiger partial charge in [-0.3, -0.25) is 0 Å². The van der Waals surface area contributed by atoms with Crippen LogP contribution in [0.5, 0.6) is 5.88 Å². The molecule has 0 saturated heterocycles. The molecule has 0 unspecified atom stereocenters. The van der Waals surface area contributed by atoms with Crippen molar-refractivity contribution in [1.82, 2.24) is 9.78 Å².